The van der Waals surface area contributed by atoms with Crippen LogP contribution in [-0.4, -0.2) is 173 Å². The van der Waals surface area contributed by atoms with Gasteiger partial charge in [-0.2, -0.15) is 23.2 Å². The summed E-state index contributed by atoms with van der Waals surface area (Å²) in [5.41, 5.74) is 15.7. The lowest BCUT2D eigenvalue weighted by atomic mass is 9.99. The summed E-state index contributed by atoms with van der Waals surface area (Å²) in [7, 11) is -20.9. The van der Waals surface area contributed by atoms with E-state index >= 15 is 0 Å². The molecule has 3 aliphatic rings. The predicted molar refractivity (Wildman–Crippen MR) is 251 cm³/mol. The quantitative estimate of drug-likeness (QED) is 0.0228. The molecule has 6 aromatic heterocycles. The summed E-state index contributed by atoms with van der Waals surface area (Å²) in [6, 6.07) is 0. The Morgan fingerprint density at radius 3 is 1.94 bits per heavy atom. The molecule has 0 saturated carbocycles. The van der Waals surface area contributed by atoms with Gasteiger partial charge < -0.3 is 84.8 Å². The van der Waals surface area contributed by atoms with Crippen LogP contribution in [0.4, 0.5) is 17.7 Å². The molecule has 0 spiro atoms. The molecule has 0 bridgehead atoms. The smallest absolute Gasteiger partial charge is 0.490 e. The minimum atomic E-state index is -6.19. The van der Waals surface area contributed by atoms with E-state index in [-0.39, 0.29) is 64.4 Å². The number of aliphatic hydroxyl groups excluding tert-OH is 3. The number of nitrogens with two attached hydrogens (primary N) is 3. The molecule has 0 radical (unpaired) electrons. The van der Waals surface area contributed by atoms with Crippen molar-refractivity contribution in [3.8, 4) is 0 Å². The minimum absolute atomic E-state index is 0.00651. The summed E-state index contributed by atoms with van der Waals surface area (Å²) in [6.45, 7) is -2.23. The molecule has 9 heterocycles. The second-order valence-electron chi connectivity index (χ2n) is 17.3. The van der Waals surface area contributed by atoms with Crippen molar-refractivity contribution in [3.63, 3.8) is 0 Å². The lowest BCUT2D eigenvalue weighted by Crippen LogP contribution is -2.39. The number of phosphoric ester groups is 3. The number of ether oxygens (including phenoxy) is 5. The van der Waals surface area contributed by atoms with Crippen LogP contribution in [0.1, 0.15) is 25.6 Å². The number of aliphatic hydroxyl groups is 3. The van der Waals surface area contributed by atoms with Crippen molar-refractivity contribution < 1.29 is 108 Å². The Morgan fingerprint density at radius 1 is 0.692 bits per heavy atom. The lowest BCUT2D eigenvalue weighted by molar-refractivity contribution is -0.646. The molecular formula is C35H49N15O24P4. The number of rotatable bonds is 22. The fourth-order valence-electron chi connectivity index (χ4n) is 8.89. The number of phosphoric acid groups is 4. The SMILES string of the molecule is CCO[C@@H]1[C@H](OP(=O)([O-])OC[C@H]2O[C@@H](n3cnc4c(=O)[nH]c(N)nc43)[C@H](O)[C@@H]2O)[C@@H](COP(=O)(O)OP(=O)(O)OP(=O)(O)OC[C@H]2O[C@@H](n3c[n+](C)c4c(=O)[nH]c(N)nc43)[C@H](O)[C@@H]2COC)O[C@H]1n1cnc2c(N)ncnc21. The largest absolute Gasteiger partial charge is 0.756 e. The maximum absolute atomic E-state index is 13.7. The molecule has 3 aliphatic heterocycles. The van der Waals surface area contributed by atoms with E-state index in [4.69, 9.17) is 59.0 Å². The third kappa shape index (κ3) is 11.7. The summed E-state index contributed by atoms with van der Waals surface area (Å²) < 4.78 is 116. The zero-order chi connectivity index (χ0) is 56.4. The standard InChI is InChI=1S/C35H49N15O24P4/c1-4-65-24-23(72-75(56,57)66-7-15-21(52)22(53)32(70-15)49-11-42-18-27(49)43-34(37)45-29(18)54)16(71-33(24)48-10-41-17-25(36)39-9-40-26(17)48)8-68-77(60,61)74-78(62,63)73-76(58,59)67-6-14-13(5-64-3)20(51)31(69-14)50-12-47(2)19-28(50)44-35(38)46-30(19)55/h9-16,20-24,31-33,51-53H,4-8H2,1-3H3,(H11-,36,37,38,39,40,43,44,45,46,54,55,56,57,58,59,60,61,62,63)/t13-,14-,15-,16-,20-,21-,22-,23-,24-,31-,32-,33-/m1/s1. The fraction of sp³-hybridized carbons (Fsp3) is 0.571. The first-order valence-electron chi connectivity index (χ1n) is 22.6. The Kier molecular flexibility index (Phi) is 16.3. The molecule has 0 amide bonds. The van der Waals surface area contributed by atoms with E-state index in [9.17, 15) is 62.7 Å². The average Bonchev–Trinajstić information content (AvgIpc) is 4.21. The Bertz CT molecular complexity index is 3530. The number of aromatic nitrogens is 12. The number of nitrogen functional groups attached to an aromatic ring is 3. The summed E-state index contributed by atoms with van der Waals surface area (Å²) >= 11 is 0. The third-order valence-electron chi connectivity index (χ3n) is 12.2. The Balaban J connectivity index is 0.879. The zero-order valence-electron chi connectivity index (χ0n) is 40.3. The van der Waals surface area contributed by atoms with Gasteiger partial charge in [-0.15, -0.1) is 0 Å². The third-order valence-corrected chi connectivity index (χ3v) is 17.4. The molecule has 3 saturated heterocycles. The predicted octanol–water partition coefficient (Wildman–Crippen LogP) is -4.05. The molecular weight excluding hydrogens is 1140 g/mol. The molecule has 9 rings (SSSR count). The van der Waals surface area contributed by atoms with Crippen LogP contribution in [0, 0.1) is 5.92 Å². The first-order chi connectivity index (χ1) is 36.7. The van der Waals surface area contributed by atoms with Gasteiger partial charge in [-0.05, 0) is 6.92 Å². The number of aromatic amines is 2. The number of hydrogen-bond acceptors (Lipinski definition) is 30. The van der Waals surface area contributed by atoms with E-state index in [1.165, 1.54) is 41.1 Å². The topological polar surface area (TPSA) is 554 Å². The Hall–Kier alpha value is -5.15. The lowest BCUT2D eigenvalue weighted by Gasteiger charge is -2.32. The van der Waals surface area contributed by atoms with Crippen LogP contribution in [0.5, 0.6) is 0 Å². The number of imidazole rings is 3. The second kappa shape index (κ2) is 22.1. The van der Waals surface area contributed by atoms with Crippen molar-refractivity contribution >= 4 is 82.5 Å². The second-order valence-corrected chi connectivity index (χ2v) is 23.3. The molecule has 0 aliphatic carbocycles. The number of nitrogens with zero attached hydrogens (tertiary/aromatic N) is 10. The van der Waals surface area contributed by atoms with E-state index in [0.29, 0.717) is 0 Å². The molecule has 6 aromatic rings. The number of fused-ring (bicyclic) bond motifs is 3. The van der Waals surface area contributed by atoms with E-state index in [1.54, 1.807) is 0 Å². The van der Waals surface area contributed by atoms with Crippen LogP contribution in [-0.2, 0) is 75.7 Å². The van der Waals surface area contributed by atoms with Crippen molar-refractivity contribution in [2.75, 3.05) is 57.3 Å². The van der Waals surface area contributed by atoms with Crippen molar-refractivity contribution in [2.45, 2.75) is 74.4 Å². The average molecular weight is 1190 g/mol. The van der Waals surface area contributed by atoms with E-state index in [0.717, 1.165) is 23.5 Å². The normalized spacial score (nSPS) is 29.8. The van der Waals surface area contributed by atoms with Crippen molar-refractivity contribution in [1.82, 2.24) is 53.6 Å². The van der Waals surface area contributed by atoms with Crippen molar-refractivity contribution in [2.24, 2.45) is 13.0 Å². The van der Waals surface area contributed by atoms with Crippen LogP contribution in [0.3, 0.4) is 0 Å². The molecule has 14 N–H and O–H groups in total. The van der Waals surface area contributed by atoms with Gasteiger partial charge >= 0.3 is 29.0 Å². The van der Waals surface area contributed by atoms with Gasteiger partial charge in [0.25, 0.3) is 24.5 Å². The van der Waals surface area contributed by atoms with Gasteiger partial charge in [0, 0.05) is 19.6 Å². The van der Waals surface area contributed by atoms with E-state index in [2.05, 4.69) is 48.5 Å². The van der Waals surface area contributed by atoms with Crippen LogP contribution < -0.4 is 37.8 Å². The highest BCUT2D eigenvalue weighted by Crippen LogP contribution is 2.68. The number of methoxy groups -OCH3 is 1. The van der Waals surface area contributed by atoms with Gasteiger partial charge in [0.2, 0.25) is 24.5 Å². The van der Waals surface area contributed by atoms with Gasteiger partial charge in [0.1, 0.15) is 54.6 Å². The van der Waals surface area contributed by atoms with Gasteiger partial charge in [0.05, 0.1) is 52.2 Å². The molecule has 39 nitrogen and oxygen atoms in total. The minimum Gasteiger partial charge on any atom is -0.756 e. The monoisotopic (exact) mass is 1190 g/mol. The first kappa shape index (κ1) is 57.5. The van der Waals surface area contributed by atoms with Crippen LogP contribution in [0.2, 0.25) is 0 Å². The van der Waals surface area contributed by atoms with Gasteiger partial charge in [-0.25, -0.2) is 38.2 Å². The van der Waals surface area contributed by atoms with E-state index in [1.807, 2.05) is 0 Å². The summed E-state index contributed by atoms with van der Waals surface area (Å²) in [5.74, 6) is -1.72. The molecule has 16 atom stereocenters. The van der Waals surface area contributed by atoms with Crippen LogP contribution in [0.15, 0.2) is 34.9 Å². The molecule has 78 heavy (non-hydrogen) atoms. The maximum Gasteiger partial charge on any atom is 0.490 e. The highest BCUT2D eigenvalue weighted by atomic mass is 31.3. The molecule has 0 aromatic carbocycles. The number of aryl methyl sites for hydroxylation is 1. The highest BCUT2D eigenvalue weighted by molar-refractivity contribution is 7.66. The molecule has 3 fully saturated rings. The van der Waals surface area contributed by atoms with Crippen molar-refractivity contribution in [1.29, 1.82) is 0 Å². The molecule has 43 heteroatoms. The number of hydrogen-bond donors (Lipinski definition) is 11. The summed E-state index contributed by atoms with van der Waals surface area (Å²) in [4.78, 5) is 99.1. The van der Waals surface area contributed by atoms with Crippen LogP contribution >= 0.6 is 31.3 Å². The molecule has 4 unspecified atom stereocenters. The number of nitrogens with one attached hydrogen (secondary N) is 2. The summed E-state index contributed by atoms with van der Waals surface area (Å²) in [6.07, 6.45) is -13.2. The Labute approximate surface area is 434 Å². The van der Waals surface area contributed by atoms with Crippen molar-refractivity contribution in [3.05, 3.63) is 46.0 Å². The first-order valence-corrected chi connectivity index (χ1v) is 28.5. The Morgan fingerprint density at radius 2 is 1.27 bits per heavy atom. The van der Waals surface area contributed by atoms with E-state index < -0.39 is 136 Å². The van der Waals surface area contributed by atoms with Gasteiger partial charge in [-0.1, -0.05) is 0 Å². The van der Waals surface area contributed by atoms with Gasteiger partial charge in [0.15, 0.2) is 35.1 Å². The highest BCUT2D eigenvalue weighted by Gasteiger charge is 2.53. The van der Waals surface area contributed by atoms with Gasteiger partial charge in [-0.3, -0.25) is 42.3 Å². The zero-order valence-corrected chi connectivity index (χ0v) is 43.9. The molecule has 428 valence electrons. The summed E-state index contributed by atoms with van der Waals surface area (Å²) in [5, 5.41) is 33.1. The number of H-pyrrole nitrogens is 2. The van der Waals surface area contributed by atoms with Crippen LogP contribution in [0.25, 0.3) is 33.5 Å². The fourth-order valence-corrected chi connectivity index (χ4v) is 13.4. The maximum atomic E-state index is 13.7. The number of anilines is 3.